The summed E-state index contributed by atoms with van der Waals surface area (Å²) in [6.07, 6.45) is 3.10. The zero-order valence-electron chi connectivity index (χ0n) is 7.48. The van der Waals surface area contributed by atoms with Gasteiger partial charge in [-0.25, -0.2) is 4.98 Å². The zero-order chi connectivity index (χ0) is 10.8. The summed E-state index contributed by atoms with van der Waals surface area (Å²) in [6.45, 7) is 0.471. The number of halogens is 2. The maximum atomic E-state index is 11.5. The van der Waals surface area contributed by atoms with Crippen molar-refractivity contribution in [3.8, 4) is 0 Å². The maximum Gasteiger partial charge on any atom is 0.288 e. The molecule has 3 nitrogen and oxygen atoms in total. The molecular weight excluding hydrogens is 255 g/mol. The minimum atomic E-state index is -0.288. The van der Waals surface area contributed by atoms with Crippen molar-refractivity contribution in [2.75, 3.05) is 0 Å². The molecule has 0 bridgehead atoms. The lowest BCUT2D eigenvalue weighted by Crippen LogP contribution is -2.20. The first-order valence-electron chi connectivity index (χ1n) is 4.12. The Morgan fingerprint density at radius 2 is 2.20 bits per heavy atom. The van der Waals surface area contributed by atoms with Crippen molar-refractivity contribution in [1.82, 2.24) is 9.55 Å². The molecule has 0 N–H and O–H groups in total. The van der Waals surface area contributed by atoms with Gasteiger partial charge in [0.15, 0.2) is 5.15 Å². The normalized spacial score (nSPS) is 10.5. The Balaban J connectivity index is 2.32. The molecule has 6 heteroatoms. The Labute approximate surface area is 99.9 Å². The number of hydrogen-bond donors (Lipinski definition) is 0. The lowest BCUT2D eigenvalue weighted by atomic mass is 10.4. The first kappa shape index (κ1) is 10.7. The molecule has 0 atom stereocenters. The molecule has 0 aliphatic carbocycles. The van der Waals surface area contributed by atoms with Gasteiger partial charge in [-0.2, -0.15) is 0 Å². The van der Waals surface area contributed by atoms with Gasteiger partial charge < -0.3 is 4.57 Å². The van der Waals surface area contributed by atoms with Crippen LogP contribution in [0.2, 0.25) is 9.49 Å². The molecule has 0 aromatic carbocycles. The molecule has 15 heavy (non-hydrogen) atoms. The van der Waals surface area contributed by atoms with E-state index in [-0.39, 0.29) is 10.7 Å². The Bertz CT molecular complexity index is 535. The van der Waals surface area contributed by atoms with Crippen molar-refractivity contribution in [2.45, 2.75) is 6.54 Å². The minimum Gasteiger partial charge on any atom is -0.306 e. The smallest absolute Gasteiger partial charge is 0.288 e. The summed E-state index contributed by atoms with van der Waals surface area (Å²) >= 11 is 12.8. The van der Waals surface area contributed by atoms with Gasteiger partial charge in [0, 0.05) is 17.3 Å². The molecule has 0 unspecified atom stereocenters. The van der Waals surface area contributed by atoms with Crippen LogP contribution >= 0.6 is 34.5 Å². The predicted molar refractivity (Wildman–Crippen MR) is 61.9 cm³/mol. The predicted octanol–water partition coefficient (Wildman–Crippen LogP) is 2.66. The van der Waals surface area contributed by atoms with Crippen molar-refractivity contribution in [3.63, 3.8) is 0 Å². The topological polar surface area (TPSA) is 34.9 Å². The van der Waals surface area contributed by atoms with Crippen LogP contribution in [0.1, 0.15) is 4.88 Å². The molecule has 0 saturated heterocycles. The number of aromatic nitrogens is 2. The summed E-state index contributed by atoms with van der Waals surface area (Å²) in [5.41, 5.74) is -0.288. The summed E-state index contributed by atoms with van der Waals surface area (Å²) in [6, 6.07) is 3.68. The highest BCUT2D eigenvalue weighted by Gasteiger charge is 2.04. The third kappa shape index (κ3) is 2.40. The first-order chi connectivity index (χ1) is 7.16. The SMILES string of the molecule is O=c1c(Cl)nccn1Cc1ccc(Cl)s1. The maximum absolute atomic E-state index is 11.5. The van der Waals surface area contributed by atoms with E-state index < -0.39 is 0 Å². The van der Waals surface area contributed by atoms with Crippen molar-refractivity contribution >= 4 is 34.5 Å². The van der Waals surface area contributed by atoms with E-state index in [0.29, 0.717) is 10.9 Å². The number of rotatable bonds is 2. The zero-order valence-corrected chi connectivity index (χ0v) is 9.81. The van der Waals surface area contributed by atoms with Crippen molar-refractivity contribution in [1.29, 1.82) is 0 Å². The number of hydrogen-bond acceptors (Lipinski definition) is 3. The summed E-state index contributed by atoms with van der Waals surface area (Å²) < 4.78 is 2.20. The molecule has 2 rings (SSSR count). The summed E-state index contributed by atoms with van der Waals surface area (Å²) in [4.78, 5) is 16.2. The minimum absolute atomic E-state index is 0.0137. The number of thiophene rings is 1. The van der Waals surface area contributed by atoms with Gasteiger partial charge in [-0.3, -0.25) is 4.79 Å². The fourth-order valence-corrected chi connectivity index (χ4v) is 2.40. The Kier molecular flexibility index (Phi) is 3.09. The van der Waals surface area contributed by atoms with E-state index in [9.17, 15) is 4.79 Å². The highest BCUT2D eigenvalue weighted by molar-refractivity contribution is 7.16. The molecule has 0 amide bonds. The molecule has 2 aromatic heterocycles. The Morgan fingerprint density at radius 1 is 1.40 bits per heavy atom. The van der Waals surface area contributed by atoms with E-state index in [0.717, 1.165) is 4.88 Å². The molecule has 0 radical (unpaired) electrons. The number of nitrogens with zero attached hydrogens (tertiary/aromatic N) is 2. The summed E-state index contributed by atoms with van der Waals surface area (Å²) in [5.74, 6) is 0. The Hall–Kier alpha value is -0.840. The van der Waals surface area contributed by atoms with Gasteiger partial charge >= 0.3 is 0 Å². The lowest BCUT2D eigenvalue weighted by Gasteiger charge is -2.02. The fraction of sp³-hybridized carbons (Fsp3) is 0.111. The third-order valence-electron chi connectivity index (χ3n) is 1.83. The molecular formula is C9H6Cl2N2OS. The lowest BCUT2D eigenvalue weighted by molar-refractivity contribution is 0.758. The van der Waals surface area contributed by atoms with Gasteiger partial charge in [0.2, 0.25) is 0 Å². The van der Waals surface area contributed by atoms with Crippen molar-refractivity contribution < 1.29 is 0 Å². The van der Waals surface area contributed by atoms with Gasteiger partial charge in [0.1, 0.15) is 0 Å². The largest absolute Gasteiger partial charge is 0.306 e. The summed E-state index contributed by atoms with van der Waals surface area (Å²) in [7, 11) is 0. The van der Waals surface area contributed by atoms with E-state index in [2.05, 4.69) is 4.98 Å². The second-order valence-corrected chi connectivity index (χ2v) is 5.01. The van der Waals surface area contributed by atoms with Crippen LogP contribution in [-0.2, 0) is 6.54 Å². The van der Waals surface area contributed by atoms with Crippen LogP contribution in [0.15, 0.2) is 29.3 Å². The monoisotopic (exact) mass is 260 g/mol. The molecule has 0 aliphatic heterocycles. The van der Waals surface area contributed by atoms with Crippen LogP contribution < -0.4 is 5.56 Å². The summed E-state index contributed by atoms with van der Waals surface area (Å²) in [5, 5.41) is -0.0137. The van der Waals surface area contributed by atoms with Crippen LogP contribution in [-0.4, -0.2) is 9.55 Å². The molecule has 0 fully saturated rings. The van der Waals surface area contributed by atoms with Gasteiger partial charge in [0.05, 0.1) is 10.9 Å². The van der Waals surface area contributed by atoms with Gasteiger partial charge in [-0.15, -0.1) is 11.3 Å². The van der Waals surface area contributed by atoms with E-state index in [1.54, 1.807) is 12.3 Å². The van der Waals surface area contributed by atoms with Crippen LogP contribution in [0, 0.1) is 0 Å². The molecule has 0 saturated carbocycles. The van der Waals surface area contributed by atoms with Crippen LogP contribution in [0.3, 0.4) is 0 Å². The molecule has 2 heterocycles. The highest BCUT2D eigenvalue weighted by atomic mass is 35.5. The second kappa shape index (κ2) is 4.35. The Morgan fingerprint density at radius 3 is 2.87 bits per heavy atom. The van der Waals surface area contributed by atoms with E-state index >= 15 is 0 Å². The van der Waals surface area contributed by atoms with Gasteiger partial charge in [-0.1, -0.05) is 23.2 Å². The molecule has 78 valence electrons. The second-order valence-electron chi connectivity index (χ2n) is 2.86. The standard InChI is InChI=1S/C9H6Cl2N2OS/c10-7-2-1-6(15-7)5-13-4-3-12-8(11)9(13)14/h1-4H,5H2. The van der Waals surface area contributed by atoms with Crippen LogP contribution in [0.4, 0.5) is 0 Å². The van der Waals surface area contributed by atoms with E-state index in [4.69, 9.17) is 23.2 Å². The fourth-order valence-electron chi connectivity index (χ4n) is 1.15. The van der Waals surface area contributed by atoms with Crippen molar-refractivity contribution in [2.24, 2.45) is 0 Å². The first-order valence-corrected chi connectivity index (χ1v) is 5.69. The molecule has 2 aromatic rings. The van der Waals surface area contributed by atoms with E-state index in [1.807, 2.05) is 6.07 Å². The van der Waals surface area contributed by atoms with Crippen LogP contribution in [0.5, 0.6) is 0 Å². The third-order valence-corrected chi connectivity index (χ3v) is 3.30. The van der Waals surface area contributed by atoms with Gasteiger partial charge in [0.25, 0.3) is 5.56 Å². The highest BCUT2D eigenvalue weighted by Crippen LogP contribution is 2.21. The van der Waals surface area contributed by atoms with Crippen molar-refractivity contribution in [3.05, 3.63) is 49.2 Å². The molecule has 0 spiro atoms. The van der Waals surface area contributed by atoms with Crippen LogP contribution in [0.25, 0.3) is 0 Å². The average molecular weight is 261 g/mol. The average Bonchev–Trinajstić information content (AvgIpc) is 2.59. The molecule has 0 aliphatic rings. The quantitative estimate of drug-likeness (QED) is 0.833. The van der Waals surface area contributed by atoms with E-state index in [1.165, 1.54) is 22.1 Å². The van der Waals surface area contributed by atoms with Gasteiger partial charge in [-0.05, 0) is 12.1 Å².